The zero-order valence-corrected chi connectivity index (χ0v) is 14.1. The van der Waals surface area contributed by atoms with E-state index in [4.69, 9.17) is 0 Å². The number of carbonyl (C=O) groups is 2. The van der Waals surface area contributed by atoms with Crippen LogP contribution in [-0.4, -0.2) is 53.4 Å². The minimum absolute atomic E-state index is 0.0465. The van der Waals surface area contributed by atoms with Crippen LogP contribution in [0.25, 0.3) is 0 Å². The van der Waals surface area contributed by atoms with E-state index in [-0.39, 0.29) is 11.4 Å². The summed E-state index contributed by atoms with van der Waals surface area (Å²) >= 11 is 0. The number of nitrogens with one attached hydrogen (secondary N) is 1. The lowest BCUT2D eigenvalue weighted by Crippen LogP contribution is -2.46. The minimum Gasteiger partial charge on any atom is -0.353 e. The van der Waals surface area contributed by atoms with E-state index >= 15 is 0 Å². The van der Waals surface area contributed by atoms with Crippen LogP contribution in [0.4, 0.5) is 24.7 Å². The molecule has 1 aromatic heterocycles. The Hall–Kier alpha value is -3.17. The molecule has 10 heteroatoms. The lowest BCUT2D eigenvalue weighted by molar-refractivity contribution is -0.136. The fourth-order valence-corrected chi connectivity index (χ4v) is 2.73. The molecule has 1 saturated heterocycles. The molecule has 0 radical (unpaired) electrons. The topological polar surface area (TPSA) is 78.4 Å². The number of amides is 2. The molecule has 0 aliphatic carbocycles. The van der Waals surface area contributed by atoms with Gasteiger partial charge >= 0.3 is 6.18 Å². The van der Waals surface area contributed by atoms with E-state index in [9.17, 15) is 22.8 Å². The van der Waals surface area contributed by atoms with Crippen molar-refractivity contribution >= 4 is 23.8 Å². The smallest absolute Gasteiger partial charge is 0.353 e. The summed E-state index contributed by atoms with van der Waals surface area (Å²) in [5.74, 6) is -0.285. The Kier molecular flexibility index (Phi) is 5.24. The molecular weight excluding hydrogens is 363 g/mol. The second-order valence-electron chi connectivity index (χ2n) is 5.89. The molecule has 142 valence electrons. The third kappa shape index (κ3) is 4.33. The lowest BCUT2D eigenvalue weighted by Gasteiger charge is -2.33. The number of aromatic nitrogens is 2. The van der Waals surface area contributed by atoms with Crippen LogP contribution in [0, 0.1) is 0 Å². The lowest BCUT2D eigenvalue weighted by atomic mass is 10.1. The first-order valence-corrected chi connectivity index (χ1v) is 8.12. The highest BCUT2D eigenvalue weighted by Crippen LogP contribution is 2.34. The Morgan fingerprint density at radius 3 is 2.48 bits per heavy atom. The number of alkyl halides is 3. The Balaban J connectivity index is 1.76. The van der Waals surface area contributed by atoms with Crippen molar-refractivity contribution in [2.24, 2.45) is 0 Å². The first kappa shape index (κ1) is 18.6. The van der Waals surface area contributed by atoms with Gasteiger partial charge in [-0.05, 0) is 12.1 Å². The standard InChI is InChI=1S/C17H16F3N5O2/c18-17(19,20)12-3-1-2-4-13(12)23-16(27)14-9-15(22-10-21-14)25-7-5-24(11-26)6-8-25/h1-4,9-11H,5-8H2,(H,23,27). The van der Waals surface area contributed by atoms with Gasteiger partial charge in [-0.2, -0.15) is 13.2 Å². The van der Waals surface area contributed by atoms with Crippen molar-refractivity contribution in [2.75, 3.05) is 36.4 Å². The Morgan fingerprint density at radius 2 is 1.81 bits per heavy atom. The second kappa shape index (κ2) is 7.60. The molecule has 0 spiro atoms. The van der Waals surface area contributed by atoms with Crippen molar-refractivity contribution in [3.8, 4) is 0 Å². The number of rotatable bonds is 4. The van der Waals surface area contributed by atoms with Crippen molar-refractivity contribution < 1.29 is 22.8 Å². The summed E-state index contributed by atoms with van der Waals surface area (Å²) in [5.41, 5.74) is -1.32. The molecule has 2 heterocycles. The number of benzene rings is 1. The van der Waals surface area contributed by atoms with E-state index in [1.54, 1.807) is 4.90 Å². The predicted molar refractivity (Wildman–Crippen MR) is 91.3 cm³/mol. The molecule has 1 aliphatic heterocycles. The van der Waals surface area contributed by atoms with Gasteiger partial charge in [0.05, 0.1) is 11.3 Å². The predicted octanol–water partition coefficient (Wildman–Crippen LogP) is 2.03. The molecule has 7 nitrogen and oxygen atoms in total. The van der Waals surface area contributed by atoms with E-state index in [0.29, 0.717) is 32.0 Å². The van der Waals surface area contributed by atoms with Crippen LogP contribution in [-0.2, 0) is 11.0 Å². The summed E-state index contributed by atoms with van der Waals surface area (Å²) in [4.78, 5) is 34.6. The van der Waals surface area contributed by atoms with Gasteiger partial charge in [0.25, 0.3) is 5.91 Å². The molecule has 3 rings (SSSR count). The van der Waals surface area contributed by atoms with Crippen molar-refractivity contribution in [1.82, 2.24) is 14.9 Å². The largest absolute Gasteiger partial charge is 0.418 e. The number of anilines is 2. The molecule has 2 aromatic rings. The maximum Gasteiger partial charge on any atom is 0.418 e. The highest BCUT2D eigenvalue weighted by molar-refractivity contribution is 6.03. The number of para-hydroxylation sites is 1. The first-order chi connectivity index (χ1) is 12.9. The zero-order chi connectivity index (χ0) is 19.4. The van der Waals surface area contributed by atoms with E-state index in [0.717, 1.165) is 12.5 Å². The monoisotopic (exact) mass is 379 g/mol. The van der Waals surface area contributed by atoms with Gasteiger partial charge < -0.3 is 15.1 Å². The van der Waals surface area contributed by atoms with Crippen LogP contribution in [0.3, 0.4) is 0 Å². The number of carbonyl (C=O) groups excluding carboxylic acids is 2. The van der Waals surface area contributed by atoms with E-state index in [2.05, 4.69) is 15.3 Å². The summed E-state index contributed by atoms with van der Waals surface area (Å²) in [6, 6.07) is 6.15. The normalized spacial score (nSPS) is 14.8. The van der Waals surface area contributed by atoms with Gasteiger partial charge in [0, 0.05) is 32.2 Å². The van der Waals surface area contributed by atoms with E-state index < -0.39 is 17.6 Å². The van der Waals surface area contributed by atoms with E-state index in [1.807, 2.05) is 4.90 Å². The van der Waals surface area contributed by atoms with Crippen LogP contribution in [0.15, 0.2) is 36.7 Å². The molecule has 1 N–H and O–H groups in total. The summed E-state index contributed by atoms with van der Waals surface area (Å²) in [6.45, 7) is 2.11. The summed E-state index contributed by atoms with van der Waals surface area (Å²) in [7, 11) is 0. The highest BCUT2D eigenvalue weighted by atomic mass is 19.4. The number of hydrogen-bond donors (Lipinski definition) is 1. The average Bonchev–Trinajstić information content (AvgIpc) is 2.68. The van der Waals surface area contributed by atoms with Crippen molar-refractivity contribution in [3.05, 3.63) is 47.9 Å². The quantitative estimate of drug-likeness (QED) is 0.823. The molecule has 27 heavy (non-hydrogen) atoms. The number of piperazine rings is 1. The van der Waals surface area contributed by atoms with Crippen LogP contribution in [0.1, 0.15) is 16.1 Å². The number of nitrogens with zero attached hydrogens (tertiary/aromatic N) is 4. The summed E-state index contributed by atoms with van der Waals surface area (Å²) in [5, 5.41) is 2.26. The van der Waals surface area contributed by atoms with Crippen LogP contribution in [0.5, 0.6) is 0 Å². The molecule has 1 fully saturated rings. The number of hydrogen-bond acceptors (Lipinski definition) is 5. The fraction of sp³-hybridized carbons (Fsp3) is 0.294. The molecular formula is C17H16F3N5O2. The van der Waals surface area contributed by atoms with Gasteiger partial charge in [-0.25, -0.2) is 9.97 Å². The average molecular weight is 379 g/mol. The summed E-state index contributed by atoms with van der Waals surface area (Å²) < 4.78 is 39.2. The molecule has 1 aromatic carbocycles. The van der Waals surface area contributed by atoms with Gasteiger partial charge in [-0.15, -0.1) is 0 Å². The molecule has 1 aliphatic rings. The molecule has 0 unspecified atom stereocenters. The van der Waals surface area contributed by atoms with Crippen molar-refractivity contribution in [3.63, 3.8) is 0 Å². The third-order valence-electron chi connectivity index (χ3n) is 4.15. The fourth-order valence-electron chi connectivity index (χ4n) is 2.73. The first-order valence-electron chi connectivity index (χ1n) is 8.12. The minimum atomic E-state index is -4.58. The Morgan fingerprint density at radius 1 is 1.11 bits per heavy atom. The number of halogens is 3. The molecule has 0 atom stereocenters. The Labute approximate surface area is 152 Å². The SMILES string of the molecule is O=CN1CCN(c2cc(C(=O)Nc3ccccc3C(F)(F)F)ncn2)CC1. The van der Waals surface area contributed by atoms with Crippen LogP contribution >= 0.6 is 0 Å². The van der Waals surface area contributed by atoms with Gasteiger partial charge in [0.15, 0.2) is 0 Å². The molecule has 0 bridgehead atoms. The zero-order valence-electron chi connectivity index (χ0n) is 14.1. The maximum atomic E-state index is 13.1. The van der Waals surface area contributed by atoms with Crippen molar-refractivity contribution in [2.45, 2.75) is 6.18 Å². The van der Waals surface area contributed by atoms with Gasteiger partial charge in [0.1, 0.15) is 17.8 Å². The van der Waals surface area contributed by atoms with Gasteiger partial charge in [0.2, 0.25) is 6.41 Å². The van der Waals surface area contributed by atoms with Crippen molar-refractivity contribution in [1.29, 1.82) is 0 Å². The highest BCUT2D eigenvalue weighted by Gasteiger charge is 2.33. The molecule has 0 saturated carbocycles. The Bertz CT molecular complexity index is 835. The maximum absolute atomic E-state index is 13.1. The molecule has 2 amide bonds. The van der Waals surface area contributed by atoms with Crippen LogP contribution in [0.2, 0.25) is 0 Å². The van der Waals surface area contributed by atoms with Gasteiger partial charge in [-0.3, -0.25) is 9.59 Å². The summed E-state index contributed by atoms with van der Waals surface area (Å²) in [6.07, 6.45) is -2.63. The van der Waals surface area contributed by atoms with Crippen LogP contribution < -0.4 is 10.2 Å². The third-order valence-corrected chi connectivity index (χ3v) is 4.15. The second-order valence-corrected chi connectivity index (χ2v) is 5.89. The van der Waals surface area contributed by atoms with E-state index in [1.165, 1.54) is 30.6 Å². The van der Waals surface area contributed by atoms with Gasteiger partial charge in [-0.1, -0.05) is 12.1 Å².